The molecule has 0 aliphatic rings. The number of aromatic amines is 1. The molecule has 0 unspecified atom stereocenters. The molecule has 4 rings (SSSR count). The zero-order chi connectivity index (χ0) is 19.0. The van der Waals surface area contributed by atoms with Gasteiger partial charge in [0.1, 0.15) is 5.58 Å². The number of hydrogen-bond acceptors (Lipinski definition) is 2. The van der Waals surface area contributed by atoms with Crippen molar-refractivity contribution in [2.75, 3.05) is 0 Å². The molecule has 27 heavy (non-hydrogen) atoms. The van der Waals surface area contributed by atoms with Gasteiger partial charge in [0.25, 0.3) is 0 Å². The highest BCUT2D eigenvalue weighted by atomic mass is 35.5. The van der Waals surface area contributed by atoms with Crippen molar-refractivity contribution in [2.24, 2.45) is 0 Å². The molecule has 0 radical (unpaired) electrons. The summed E-state index contributed by atoms with van der Waals surface area (Å²) in [6.45, 7) is 2.12. The molecule has 0 spiro atoms. The lowest BCUT2D eigenvalue weighted by Crippen LogP contribution is -1.94. The normalized spacial score (nSPS) is 11.2. The fraction of sp³-hybridized carbons (Fsp3) is 0.136. The first-order valence-corrected chi connectivity index (χ1v) is 9.18. The molecule has 5 heteroatoms. The molecular weight excluding hydrogens is 362 g/mol. The van der Waals surface area contributed by atoms with E-state index >= 15 is 0 Å². The Balaban J connectivity index is 1.70. The topological polar surface area (TPSA) is 66.2 Å². The quantitative estimate of drug-likeness (QED) is 0.421. The van der Waals surface area contributed by atoms with Gasteiger partial charge in [0.2, 0.25) is 0 Å². The molecule has 0 saturated carbocycles. The van der Waals surface area contributed by atoms with Gasteiger partial charge in [0.05, 0.1) is 11.3 Å². The minimum atomic E-state index is -0.933. The number of rotatable bonds is 5. The van der Waals surface area contributed by atoms with Crippen molar-refractivity contribution in [3.63, 3.8) is 0 Å². The van der Waals surface area contributed by atoms with Crippen molar-refractivity contribution in [3.05, 3.63) is 70.7 Å². The summed E-state index contributed by atoms with van der Waals surface area (Å²) in [6.07, 6.45) is 1.86. The van der Waals surface area contributed by atoms with Crippen molar-refractivity contribution >= 4 is 28.5 Å². The number of furan rings is 1. The molecule has 136 valence electrons. The van der Waals surface area contributed by atoms with Gasteiger partial charge in [0, 0.05) is 21.7 Å². The van der Waals surface area contributed by atoms with Crippen LogP contribution in [-0.4, -0.2) is 16.1 Å². The van der Waals surface area contributed by atoms with Crippen LogP contribution in [0.4, 0.5) is 0 Å². The first-order chi connectivity index (χ1) is 13.1. The average molecular weight is 380 g/mol. The number of fused-ring (bicyclic) bond motifs is 1. The summed E-state index contributed by atoms with van der Waals surface area (Å²) in [5.74, 6) is -0.185. The van der Waals surface area contributed by atoms with Crippen molar-refractivity contribution in [1.82, 2.24) is 4.98 Å². The van der Waals surface area contributed by atoms with Crippen LogP contribution in [0.3, 0.4) is 0 Å². The summed E-state index contributed by atoms with van der Waals surface area (Å²) < 4.78 is 6.12. The Hall–Kier alpha value is -2.98. The van der Waals surface area contributed by atoms with Crippen molar-refractivity contribution in [3.8, 4) is 22.7 Å². The van der Waals surface area contributed by atoms with E-state index in [0.717, 1.165) is 57.1 Å². The van der Waals surface area contributed by atoms with Gasteiger partial charge >= 0.3 is 5.97 Å². The number of hydrogen-bond donors (Lipinski definition) is 2. The molecule has 0 atom stereocenters. The van der Waals surface area contributed by atoms with Gasteiger partial charge in [0.15, 0.2) is 5.76 Å². The third kappa shape index (κ3) is 3.24. The highest BCUT2D eigenvalue weighted by molar-refractivity contribution is 6.32. The number of carbonyl (C=O) groups is 1. The fourth-order valence-corrected chi connectivity index (χ4v) is 3.50. The van der Waals surface area contributed by atoms with Crippen LogP contribution in [0.15, 0.2) is 59.0 Å². The van der Waals surface area contributed by atoms with E-state index in [-0.39, 0.29) is 5.56 Å². The molecule has 4 nitrogen and oxygen atoms in total. The van der Waals surface area contributed by atoms with Crippen LogP contribution in [-0.2, 0) is 6.42 Å². The van der Waals surface area contributed by atoms with Crippen LogP contribution in [0.25, 0.3) is 33.7 Å². The number of halogens is 1. The number of benzene rings is 2. The standard InChI is InChI=1S/C22H18ClNO3/c1-2-3-16-17(23)9-8-15-12-20(27-21(15)16)19-11-10-18(24-19)13-4-6-14(7-5-13)22(25)26/h4-12,24H,2-3H2,1H3,(H,25,26). The van der Waals surface area contributed by atoms with E-state index < -0.39 is 5.97 Å². The van der Waals surface area contributed by atoms with Crippen molar-refractivity contribution < 1.29 is 14.3 Å². The summed E-state index contributed by atoms with van der Waals surface area (Å²) >= 11 is 6.35. The molecule has 0 aliphatic carbocycles. The van der Waals surface area contributed by atoms with E-state index in [2.05, 4.69) is 11.9 Å². The van der Waals surface area contributed by atoms with E-state index in [4.69, 9.17) is 21.1 Å². The highest BCUT2D eigenvalue weighted by Crippen LogP contribution is 2.34. The number of H-pyrrole nitrogens is 1. The van der Waals surface area contributed by atoms with Gasteiger partial charge in [-0.2, -0.15) is 0 Å². The number of nitrogens with one attached hydrogen (secondary N) is 1. The van der Waals surface area contributed by atoms with E-state index in [1.165, 1.54) is 0 Å². The van der Waals surface area contributed by atoms with E-state index in [0.29, 0.717) is 0 Å². The van der Waals surface area contributed by atoms with Gasteiger partial charge in [-0.1, -0.05) is 37.1 Å². The predicted octanol–water partition coefficient (Wildman–Crippen LogP) is 6.40. The third-order valence-electron chi connectivity index (χ3n) is 4.63. The average Bonchev–Trinajstić information content (AvgIpc) is 3.31. The van der Waals surface area contributed by atoms with Gasteiger partial charge in [-0.3, -0.25) is 0 Å². The second-order valence-electron chi connectivity index (χ2n) is 6.47. The van der Waals surface area contributed by atoms with E-state index in [1.807, 2.05) is 30.3 Å². The number of carboxylic acid groups (broad SMARTS) is 1. The summed E-state index contributed by atoms with van der Waals surface area (Å²) in [5.41, 5.74) is 4.82. The SMILES string of the molecule is CCCc1c(Cl)ccc2cc(-c3ccc(-c4ccc(C(=O)O)cc4)[nH]3)oc12. The third-order valence-corrected chi connectivity index (χ3v) is 4.98. The number of carboxylic acids is 1. The van der Waals surface area contributed by atoms with E-state index in [9.17, 15) is 4.79 Å². The number of aromatic carboxylic acids is 1. The molecule has 0 fully saturated rings. The molecule has 0 bridgehead atoms. The molecule has 2 heterocycles. The molecular formula is C22H18ClNO3. The monoisotopic (exact) mass is 379 g/mol. The number of aromatic nitrogens is 1. The Morgan fingerprint density at radius 3 is 2.52 bits per heavy atom. The molecule has 0 saturated heterocycles. The Kier molecular flexibility index (Phi) is 4.50. The highest BCUT2D eigenvalue weighted by Gasteiger charge is 2.14. The Morgan fingerprint density at radius 1 is 1.07 bits per heavy atom. The first kappa shape index (κ1) is 17.4. The van der Waals surface area contributed by atoms with Crippen LogP contribution in [0.2, 0.25) is 5.02 Å². The maximum atomic E-state index is 11.0. The largest absolute Gasteiger partial charge is 0.478 e. The molecule has 2 aromatic carbocycles. The van der Waals surface area contributed by atoms with Crippen LogP contribution in [0.5, 0.6) is 0 Å². The molecule has 0 aliphatic heterocycles. The van der Waals surface area contributed by atoms with Crippen LogP contribution >= 0.6 is 11.6 Å². The zero-order valence-electron chi connectivity index (χ0n) is 14.8. The lowest BCUT2D eigenvalue weighted by atomic mass is 10.1. The predicted molar refractivity (Wildman–Crippen MR) is 107 cm³/mol. The second-order valence-corrected chi connectivity index (χ2v) is 6.88. The van der Waals surface area contributed by atoms with Gasteiger partial charge < -0.3 is 14.5 Å². The summed E-state index contributed by atoms with van der Waals surface area (Å²) in [5, 5.41) is 10.8. The van der Waals surface area contributed by atoms with Gasteiger partial charge in [-0.05, 0) is 54.4 Å². The maximum absolute atomic E-state index is 11.0. The Bertz CT molecular complexity index is 1120. The van der Waals surface area contributed by atoms with Gasteiger partial charge in [-0.15, -0.1) is 0 Å². The molecule has 2 N–H and O–H groups in total. The van der Waals surface area contributed by atoms with Crippen LogP contribution in [0, 0.1) is 0 Å². The molecule has 0 amide bonds. The fourth-order valence-electron chi connectivity index (χ4n) is 3.25. The molecule has 4 aromatic rings. The summed E-state index contributed by atoms with van der Waals surface area (Å²) in [6, 6.07) is 16.6. The second kappa shape index (κ2) is 6.97. The zero-order valence-corrected chi connectivity index (χ0v) is 15.5. The lowest BCUT2D eigenvalue weighted by Gasteiger charge is -2.02. The summed E-state index contributed by atoms with van der Waals surface area (Å²) in [4.78, 5) is 14.3. The smallest absolute Gasteiger partial charge is 0.335 e. The van der Waals surface area contributed by atoms with Crippen LogP contribution in [0.1, 0.15) is 29.3 Å². The van der Waals surface area contributed by atoms with Crippen molar-refractivity contribution in [1.29, 1.82) is 0 Å². The van der Waals surface area contributed by atoms with E-state index in [1.54, 1.807) is 24.3 Å². The van der Waals surface area contributed by atoms with Crippen molar-refractivity contribution in [2.45, 2.75) is 19.8 Å². The Labute approximate surface area is 161 Å². The maximum Gasteiger partial charge on any atom is 0.335 e. The lowest BCUT2D eigenvalue weighted by molar-refractivity contribution is 0.0697. The Morgan fingerprint density at radius 2 is 1.81 bits per heavy atom. The minimum Gasteiger partial charge on any atom is -0.478 e. The first-order valence-electron chi connectivity index (χ1n) is 8.81. The molecule has 2 aromatic heterocycles. The summed E-state index contributed by atoms with van der Waals surface area (Å²) in [7, 11) is 0. The van der Waals surface area contributed by atoms with Gasteiger partial charge in [-0.25, -0.2) is 4.79 Å². The number of aryl methyl sites for hydroxylation is 1. The van der Waals surface area contributed by atoms with Crippen LogP contribution < -0.4 is 0 Å². The minimum absolute atomic E-state index is 0.267.